The number of carbonyl (C=O) groups is 1. The van der Waals surface area contributed by atoms with Gasteiger partial charge in [-0.2, -0.15) is 0 Å². The van der Waals surface area contributed by atoms with Crippen LogP contribution in [0.4, 0.5) is 10.5 Å². The van der Waals surface area contributed by atoms with Gasteiger partial charge in [0.15, 0.2) is 5.96 Å². The number of hydrogen-bond donors (Lipinski definition) is 2. The second-order valence-corrected chi connectivity index (χ2v) is 8.08. The highest BCUT2D eigenvalue weighted by Crippen LogP contribution is 2.20. The molecule has 1 unspecified atom stereocenters. The number of likely N-dealkylation sites (tertiary alicyclic amines) is 1. The van der Waals surface area contributed by atoms with Crippen LogP contribution in [0, 0.1) is 19.8 Å². The summed E-state index contributed by atoms with van der Waals surface area (Å²) in [6, 6.07) is 6.11. The molecular formula is C20H33IN4O2. The minimum atomic E-state index is -0.470. The number of nitrogens with one attached hydrogen (secondary N) is 1. The lowest BCUT2D eigenvalue weighted by molar-refractivity contribution is 0.0171. The maximum absolute atomic E-state index is 12.2. The first kappa shape index (κ1) is 23.5. The van der Waals surface area contributed by atoms with Crippen molar-refractivity contribution in [1.82, 2.24) is 4.90 Å². The van der Waals surface area contributed by atoms with Crippen molar-refractivity contribution in [3.05, 3.63) is 29.3 Å². The van der Waals surface area contributed by atoms with Crippen LogP contribution >= 0.6 is 24.0 Å². The summed E-state index contributed by atoms with van der Waals surface area (Å²) in [4.78, 5) is 18.5. The van der Waals surface area contributed by atoms with Crippen LogP contribution in [-0.4, -0.2) is 42.2 Å². The number of nitrogens with two attached hydrogens (primary N) is 1. The molecule has 1 aliphatic rings. The Labute approximate surface area is 179 Å². The molecule has 0 bridgehead atoms. The minimum absolute atomic E-state index is 0. The Morgan fingerprint density at radius 3 is 2.67 bits per heavy atom. The first-order valence-corrected chi connectivity index (χ1v) is 9.26. The lowest BCUT2D eigenvalue weighted by Crippen LogP contribution is -2.43. The number of rotatable bonds is 3. The lowest BCUT2D eigenvalue weighted by atomic mass is 9.98. The van der Waals surface area contributed by atoms with Crippen molar-refractivity contribution < 1.29 is 9.53 Å². The van der Waals surface area contributed by atoms with Crippen LogP contribution < -0.4 is 11.1 Å². The molecule has 1 aliphatic heterocycles. The number of amides is 1. The van der Waals surface area contributed by atoms with Crippen molar-refractivity contribution in [1.29, 1.82) is 0 Å². The van der Waals surface area contributed by atoms with Gasteiger partial charge < -0.3 is 20.7 Å². The van der Waals surface area contributed by atoms with Crippen LogP contribution in [0.2, 0.25) is 0 Å². The SMILES string of the molecule is Cc1ccc(NC(N)=NCC2CCCN(C(=O)OC(C)(C)C)C2)cc1C.I. The fourth-order valence-electron chi connectivity index (χ4n) is 2.94. The van der Waals surface area contributed by atoms with E-state index in [0.29, 0.717) is 25.0 Å². The molecule has 7 heteroatoms. The van der Waals surface area contributed by atoms with Crippen LogP contribution in [0.15, 0.2) is 23.2 Å². The number of aryl methyl sites for hydroxylation is 2. The van der Waals surface area contributed by atoms with Gasteiger partial charge in [0.25, 0.3) is 0 Å². The smallest absolute Gasteiger partial charge is 0.410 e. The van der Waals surface area contributed by atoms with Gasteiger partial charge in [-0.05, 0) is 76.6 Å². The number of hydrogen-bond acceptors (Lipinski definition) is 3. The highest BCUT2D eigenvalue weighted by Gasteiger charge is 2.27. The molecule has 3 N–H and O–H groups in total. The topological polar surface area (TPSA) is 80.0 Å². The van der Waals surface area contributed by atoms with E-state index in [-0.39, 0.29) is 30.1 Å². The van der Waals surface area contributed by atoms with Gasteiger partial charge in [0.2, 0.25) is 0 Å². The summed E-state index contributed by atoms with van der Waals surface area (Å²) in [6.45, 7) is 11.8. The van der Waals surface area contributed by atoms with Crippen molar-refractivity contribution in [2.24, 2.45) is 16.6 Å². The highest BCUT2D eigenvalue weighted by atomic mass is 127. The number of piperidine rings is 1. The van der Waals surface area contributed by atoms with E-state index in [1.807, 2.05) is 26.8 Å². The number of anilines is 1. The zero-order valence-electron chi connectivity index (χ0n) is 17.0. The summed E-state index contributed by atoms with van der Waals surface area (Å²) in [5, 5.41) is 3.14. The van der Waals surface area contributed by atoms with Crippen molar-refractivity contribution in [2.75, 3.05) is 25.0 Å². The summed E-state index contributed by atoms with van der Waals surface area (Å²) in [5.41, 5.74) is 8.95. The predicted molar refractivity (Wildman–Crippen MR) is 122 cm³/mol. The Morgan fingerprint density at radius 1 is 1.33 bits per heavy atom. The van der Waals surface area contributed by atoms with Gasteiger partial charge in [0.1, 0.15) is 5.60 Å². The molecule has 0 aliphatic carbocycles. The molecule has 1 atom stereocenters. The number of benzene rings is 1. The zero-order valence-corrected chi connectivity index (χ0v) is 19.4. The molecule has 2 rings (SSSR count). The summed E-state index contributed by atoms with van der Waals surface area (Å²) < 4.78 is 5.47. The third kappa shape index (κ3) is 7.94. The third-order valence-corrected chi connectivity index (χ3v) is 4.47. The maximum Gasteiger partial charge on any atom is 0.410 e. The van der Waals surface area contributed by atoms with Crippen LogP contribution in [0.1, 0.15) is 44.7 Å². The van der Waals surface area contributed by atoms with Crippen LogP contribution in [0.25, 0.3) is 0 Å². The van der Waals surface area contributed by atoms with Crippen molar-refractivity contribution in [2.45, 2.75) is 53.1 Å². The lowest BCUT2D eigenvalue weighted by Gasteiger charge is -2.33. The molecular weight excluding hydrogens is 455 g/mol. The Hall–Kier alpha value is -1.51. The van der Waals surface area contributed by atoms with E-state index < -0.39 is 5.60 Å². The average molecular weight is 488 g/mol. The fraction of sp³-hybridized carbons (Fsp3) is 0.600. The summed E-state index contributed by atoms with van der Waals surface area (Å²) in [6.07, 6.45) is 1.76. The molecule has 152 valence electrons. The molecule has 1 fully saturated rings. The van der Waals surface area contributed by atoms with Crippen LogP contribution in [0.3, 0.4) is 0 Å². The summed E-state index contributed by atoms with van der Waals surface area (Å²) in [5.74, 6) is 0.707. The average Bonchev–Trinajstić information content (AvgIpc) is 2.55. The van der Waals surface area contributed by atoms with E-state index >= 15 is 0 Å². The molecule has 1 saturated heterocycles. The largest absolute Gasteiger partial charge is 0.444 e. The normalized spacial score (nSPS) is 17.9. The molecule has 0 spiro atoms. The maximum atomic E-state index is 12.2. The first-order chi connectivity index (χ1) is 12.1. The van der Waals surface area contributed by atoms with E-state index in [0.717, 1.165) is 25.1 Å². The number of guanidine groups is 1. The summed E-state index contributed by atoms with van der Waals surface area (Å²) >= 11 is 0. The number of aliphatic imine (C=N–C) groups is 1. The molecule has 1 heterocycles. The number of nitrogens with zero attached hydrogens (tertiary/aromatic N) is 2. The second kappa shape index (κ2) is 10.1. The Balaban J connectivity index is 0.00000364. The number of ether oxygens (including phenoxy) is 1. The van der Waals surface area contributed by atoms with E-state index in [2.05, 4.69) is 36.3 Å². The second-order valence-electron chi connectivity index (χ2n) is 8.08. The number of carbonyl (C=O) groups excluding carboxylic acids is 1. The van der Waals surface area contributed by atoms with Crippen molar-refractivity contribution in [3.63, 3.8) is 0 Å². The molecule has 0 saturated carbocycles. The van der Waals surface area contributed by atoms with E-state index in [4.69, 9.17) is 10.5 Å². The minimum Gasteiger partial charge on any atom is -0.444 e. The zero-order chi connectivity index (χ0) is 19.3. The molecule has 27 heavy (non-hydrogen) atoms. The van der Waals surface area contributed by atoms with Gasteiger partial charge in [-0.15, -0.1) is 24.0 Å². The fourth-order valence-corrected chi connectivity index (χ4v) is 2.94. The Bertz CT molecular complexity index is 670. The van der Waals surface area contributed by atoms with Gasteiger partial charge >= 0.3 is 6.09 Å². The van der Waals surface area contributed by atoms with Crippen LogP contribution in [-0.2, 0) is 4.74 Å². The monoisotopic (exact) mass is 488 g/mol. The molecule has 1 aromatic carbocycles. The molecule has 6 nitrogen and oxygen atoms in total. The molecule has 0 radical (unpaired) electrons. The van der Waals surface area contributed by atoms with E-state index in [9.17, 15) is 4.79 Å². The molecule has 1 amide bonds. The van der Waals surface area contributed by atoms with Gasteiger partial charge in [-0.3, -0.25) is 4.99 Å². The molecule has 0 aromatic heterocycles. The standard InChI is InChI=1S/C20H32N4O2.HI/c1-14-8-9-17(11-15(14)2)23-18(21)22-12-16-7-6-10-24(13-16)19(25)26-20(3,4)5;/h8-9,11,16H,6-7,10,12-13H2,1-5H3,(H3,21,22,23);1H. The molecule has 1 aromatic rings. The van der Waals surface area contributed by atoms with E-state index in [1.165, 1.54) is 11.1 Å². The van der Waals surface area contributed by atoms with Gasteiger partial charge in [-0.1, -0.05) is 6.07 Å². The number of halogens is 1. The van der Waals surface area contributed by atoms with Gasteiger partial charge in [-0.25, -0.2) is 4.79 Å². The van der Waals surface area contributed by atoms with Gasteiger partial charge in [0, 0.05) is 25.3 Å². The van der Waals surface area contributed by atoms with Crippen molar-refractivity contribution in [3.8, 4) is 0 Å². The summed E-state index contributed by atoms with van der Waals surface area (Å²) in [7, 11) is 0. The predicted octanol–water partition coefficient (Wildman–Crippen LogP) is 4.30. The van der Waals surface area contributed by atoms with Crippen molar-refractivity contribution >= 4 is 41.7 Å². The quantitative estimate of drug-likeness (QED) is 0.378. The van der Waals surface area contributed by atoms with Crippen LogP contribution in [0.5, 0.6) is 0 Å². The Kier molecular flexibility index (Phi) is 8.84. The highest BCUT2D eigenvalue weighted by molar-refractivity contribution is 14.0. The first-order valence-electron chi connectivity index (χ1n) is 9.26. The van der Waals surface area contributed by atoms with E-state index in [1.54, 1.807) is 4.90 Å². The van der Waals surface area contributed by atoms with Gasteiger partial charge in [0.05, 0.1) is 0 Å². The third-order valence-electron chi connectivity index (χ3n) is 4.47. The Morgan fingerprint density at radius 2 is 2.04 bits per heavy atom.